The van der Waals surface area contributed by atoms with Crippen LogP contribution in [-0.4, -0.2) is 0 Å². The standard InChI is InChI=1S/C13H9FN2O/c14-10-2-1-3-11(7-10)17-13-6-9(8-15)4-5-12(13)16/h1-7H,16H2. The second kappa shape index (κ2) is 4.54. The zero-order valence-electron chi connectivity index (χ0n) is 8.85. The molecule has 0 saturated carbocycles. The number of anilines is 1. The van der Waals surface area contributed by atoms with Crippen LogP contribution >= 0.6 is 0 Å². The Labute approximate surface area is 97.9 Å². The predicted molar refractivity (Wildman–Crippen MR) is 62.0 cm³/mol. The Morgan fingerprint density at radius 1 is 1.18 bits per heavy atom. The van der Waals surface area contributed by atoms with Crippen LogP contribution in [0, 0.1) is 17.1 Å². The topological polar surface area (TPSA) is 59.0 Å². The number of nitrogen functional groups attached to an aromatic ring is 1. The van der Waals surface area contributed by atoms with Crippen LogP contribution < -0.4 is 10.5 Å². The summed E-state index contributed by atoms with van der Waals surface area (Å²) in [4.78, 5) is 0. The lowest BCUT2D eigenvalue weighted by molar-refractivity contribution is 0.479. The largest absolute Gasteiger partial charge is 0.455 e. The fourth-order valence-electron chi connectivity index (χ4n) is 1.35. The number of ether oxygens (including phenoxy) is 1. The van der Waals surface area contributed by atoms with Crippen LogP contribution in [0.1, 0.15) is 5.56 Å². The van der Waals surface area contributed by atoms with Crippen LogP contribution in [0.2, 0.25) is 0 Å². The van der Waals surface area contributed by atoms with Gasteiger partial charge in [0.05, 0.1) is 17.3 Å². The van der Waals surface area contributed by atoms with Crippen molar-refractivity contribution in [1.29, 1.82) is 5.26 Å². The van der Waals surface area contributed by atoms with Gasteiger partial charge in [0, 0.05) is 12.1 Å². The summed E-state index contributed by atoms with van der Waals surface area (Å²) in [5.74, 6) is 0.291. The normalized spacial score (nSPS) is 9.65. The molecule has 0 radical (unpaired) electrons. The molecule has 2 aromatic rings. The molecular formula is C13H9FN2O. The third kappa shape index (κ3) is 2.52. The summed E-state index contributed by atoms with van der Waals surface area (Å²) in [6, 6.07) is 12.4. The van der Waals surface area contributed by atoms with Gasteiger partial charge in [-0.1, -0.05) is 6.07 Å². The first-order valence-electron chi connectivity index (χ1n) is 4.92. The third-order valence-electron chi connectivity index (χ3n) is 2.17. The highest BCUT2D eigenvalue weighted by Gasteiger charge is 2.04. The van der Waals surface area contributed by atoms with Crippen LogP contribution in [0.4, 0.5) is 10.1 Å². The first-order chi connectivity index (χ1) is 8.19. The molecule has 0 heterocycles. The predicted octanol–water partition coefficient (Wildman–Crippen LogP) is 3.07. The molecule has 0 spiro atoms. The average molecular weight is 228 g/mol. The Kier molecular flexibility index (Phi) is 2.93. The number of hydrogen-bond acceptors (Lipinski definition) is 3. The number of nitrogens with zero attached hydrogens (tertiary/aromatic N) is 1. The number of nitrogens with two attached hydrogens (primary N) is 1. The maximum atomic E-state index is 13.0. The highest BCUT2D eigenvalue weighted by Crippen LogP contribution is 2.28. The fraction of sp³-hybridized carbons (Fsp3) is 0. The lowest BCUT2D eigenvalue weighted by Crippen LogP contribution is -1.93. The van der Waals surface area contributed by atoms with E-state index in [1.807, 2.05) is 6.07 Å². The number of hydrogen-bond donors (Lipinski definition) is 1. The Balaban J connectivity index is 2.33. The van der Waals surface area contributed by atoms with E-state index < -0.39 is 5.82 Å². The first kappa shape index (κ1) is 11.0. The Morgan fingerprint density at radius 3 is 2.71 bits per heavy atom. The van der Waals surface area contributed by atoms with Gasteiger partial charge in [-0.3, -0.25) is 0 Å². The molecule has 84 valence electrons. The van der Waals surface area contributed by atoms with E-state index in [0.717, 1.165) is 0 Å². The smallest absolute Gasteiger partial charge is 0.151 e. The van der Waals surface area contributed by atoms with Gasteiger partial charge in [0.15, 0.2) is 5.75 Å². The molecule has 0 aliphatic rings. The monoisotopic (exact) mass is 228 g/mol. The van der Waals surface area contributed by atoms with Gasteiger partial charge in [-0.05, 0) is 24.3 Å². The van der Waals surface area contributed by atoms with Crippen LogP contribution in [0.5, 0.6) is 11.5 Å². The van der Waals surface area contributed by atoms with E-state index in [1.54, 1.807) is 18.2 Å². The van der Waals surface area contributed by atoms with Gasteiger partial charge < -0.3 is 10.5 Å². The van der Waals surface area contributed by atoms with E-state index in [0.29, 0.717) is 22.7 Å². The molecular weight excluding hydrogens is 219 g/mol. The molecule has 2 aromatic carbocycles. The van der Waals surface area contributed by atoms with E-state index >= 15 is 0 Å². The van der Waals surface area contributed by atoms with Crippen molar-refractivity contribution in [3.8, 4) is 17.6 Å². The summed E-state index contributed by atoms with van der Waals surface area (Å²) in [5, 5.41) is 8.76. The van der Waals surface area contributed by atoms with Gasteiger partial charge in [-0.15, -0.1) is 0 Å². The van der Waals surface area contributed by atoms with Crippen molar-refractivity contribution < 1.29 is 9.13 Å². The maximum absolute atomic E-state index is 13.0. The van der Waals surface area contributed by atoms with Crippen molar-refractivity contribution in [2.24, 2.45) is 0 Å². The van der Waals surface area contributed by atoms with E-state index in [4.69, 9.17) is 15.7 Å². The average Bonchev–Trinajstić information content (AvgIpc) is 2.32. The second-order valence-electron chi connectivity index (χ2n) is 3.42. The number of nitriles is 1. The quantitative estimate of drug-likeness (QED) is 0.803. The molecule has 0 bridgehead atoms. The summed E-state index contributed by atoms with van der Waals surface area (Å²) >= 11 is 0. The third-order valence-corrected chi connectivity index (χ3v) is 2.17. The van der Waals surface area contributed by atoms with E-state index in [2.05, 4.69) is 0 Å². The van der Waals surface area contributed by atoms with Crippen molar-refractivity contribution in [1.82, 2.24) is 0 Å². The van der Waals surface area contributed by atoms with Crippen molar-refractivity contribution in [2.75, 3.05) is 5.73 Å². The molecule has 0 unspecified atom stereocenters. The minimum Gasteiger partial charge on any atom is -0.455 e. The molecule has 0 fully saturated rings. The van der Waals surface area contributed by atoms with Gasteiger partial charge in [-0.2, -0.15) is 5.26 Å². The van der Waals surface area contributed by atoms with Crippen molar-refractivity contribution in [2.45, 2.75) is 0 Å². The molecule has 0 saturated heterocycles. The molecule has 2 rings (SSSR count). The van der Waals surface area contributed by atoms with Crippen LogP contribution in [0.15, 0.2) is 42.5 Å². The van der Waals surface area contributed by atoms with Gasteiger partial charge in [0.2, 0.25) is 0 Å². The zero-order valence-corrected chi connectivity index (χ0v) is 8.85. The lowest BCUT2D eigenvalue weighted by Gasteiger charge is -2.08. The molecule has 0 aliphatic carbocycles. The molecule has 17 heavy (non-hydrogen) atoms. The Bertz CT molecular complexity index is 590. The molecule has 0 aromatic heterocycles. The van der Waals surface area contributed by atoms with Crippen molar-refractivity contribution in [3.63, 3.8) is 0 Å². The van der Waals surface area contributed by atoms with E-state index in [1.165, 1.54) is 24.3 Å². The van der Waals surface area contributed by atoms with Crippen LogP contribution in [-0.2, 0) is 0 Å². The Hall–Kier alpha value is -2.54. The van der Waals surface area contributed by atoms with Crippen molar-refractivity contribution >= 4 is 5.69 Å². The SMILES string of the molecule is N#Cc1ccc(N)c(Oc2cccc(F)c2)c1. The summed E-state index contributed by atoms with van der Waals surface area (Å²) in [7, 11) is 0. The summed E-state index contributed by atoms with van der Waals surface area (Å²) in [5.41, 5.74) is 6.53. The maximum Gasteiger partial charge on any atom is 0.151 e. The number of rotatable bonds is 2. The molecule has 0 aliphatic heterocycles. The fourth-order valence-corrected chi connectivity index (χ4v) is 1.35. The minimum absolute atomic E-state index is 0.340. The number of halogens is 1. The van der Waals surface area contributed by atoms with Gasteiger partial charge in [0.25, 0.3) is 0 Å². The molecule has 2 N–H and O–H groups in total. The van der Waals surface area contributed by atoms with Gasteiger partial charge in [-0.25, -0.2) is 4.39 Å². The zero-order chi connectivity index (χ0) is 12.3. The molecule has 0 atom stereocenters. The van der Waals surface area contributed by atoms with E-state index in [-0.39, 0.29) is 0 Å². The van der Waals surface area contributed by atoms with Gasteiger partial charge in [0.1, 0.15) is 11.6 Å². The van der Waals surface area contributed by atoms with Crippen molar-refractivity contribution in [3.05, 3.63) is 53.8 Å². The number of benzene rings is 2. The minimum atomic E-state index is -0.391. The molecule has 4 heteroatoms. The molecule has 0 amide bonds. The summed E-state index contributed by atoms with van der Waals surface area (Å²) in [6.45, 7) is 0. The highest BCUT2D eigenvalue weighted by atomic mass is 19.1. The van der Waals surface area contributed by atoms with Crippen LogP contribution in [0.3, 0.4) is 0 Å². The first-order valence-corrected chi connectivity index (χ1v) is 4.92. The lowest BCUT2D eigenvalue weighted by atomic mass is 10.2. The van der Waals surface area contributed by atoms with Gasteiger partial charge >= 0.3 is 0 Å². The summed E-state index contributed by atoms with van der Waals surface area (Å²) < 4.78 is 18.4. The molecule has 3 nitrogen and oxygen atoms in total. The highest BCUT2D eigenvalue weighted by molar-refractivity contribution is 5.57. The Morgan fingerprint density at radius 2 is 2.00 bits per heavy atom. The second-order valence-corrected chi connectivity index (χ2v) is 3.42. The summed E-state index contributed by atoms with van der Waals surface area (Å²) in [6.07, 6.45) is 0. The van der Waals surface area contributed by atoms with E-state index in [9.17, 15) is 4.39 Å². The van der Waals surface area contributed by atoms with Crippen LogP contribution in [0.25, 0.3) is 0 Å².